The zero-order valence-corrected chi connectivity index (χ0v) is 23.6. The van der Waals surface area contributed by atoms with Crippen molar-refractivity contribution in [2.75, 3.05) is 6.61 Å². The van der Waals surface area contributed by atoms with E-state index in [-0.39, 0.29) is 25.0 Å². The number of hydrogen-bond donors (Lipinski definition) is 4. The van der Waals surface area contributed by atoms with Gasteiger partial charge in [-0.15, -0.1) is 0 Å². The molecular formula is C28H34F3N5O6. The third kappa shape index (κ3) is 6.42. The summed E-state index contributed by atoms with van der Waals surface area (Å²) in [5.41, 5.74) is 5.68. The molecule has 5 atom stereocenters. The molecule has 0 saturated carbocycles. The Balaban J connectivity index is 1.60. The van der Waals surface area contributed by atoms with Gasteiger partial charge in [0.1, 0.15) is 18.1 Å². The highest BCUT2D eigenvalue weighted by molar-refractivity contribution is 5.96. The summed E-state index contributed by atoms with van der Waals surface area (Å²) in [5.74, 6) is -4.87. The van der Waals surface area contributed by atoms with E-state index in [0.717, 1.165) is 10.5 Å². The van der Waals surface area contributed by atoms with Gasteiger partial charge < -0.3 is 31.0 Å². The van der Waals surface area contributed by atoms with Gasteiger partial charge >= 0.3 is 12.1 Å². The minimum absolute atomic E-state index is 0.0215. The van der Waals surface area contributed by atoms with E-state index in [1.54, 1.807) is 17.4 Å². The van der Waals surface area contributed by atoms with Crippen LogP contribution in [0.5, 0.6) is 0 Å². The van der Waals surface area contributed by atoms with Crippen LogP contribution in [0.4, 0.5) is 13.2 Å². The normalized spacial score (nSPS) is 22.0. The summed E-state index contributed by atoms with van der Waals surface area (Å²) in [5, 5.41) is 5.03. The number of hydrogen-bond acceptors (Lipinski definition) is 6. The first-order valence-corrected chi connectivity index (χ1v) is 13.5. The summed E-state index contributed by atoms with van der Waals surface area (Å²) in [7, 11) is 0. The number of carbonyl (C=O) groups is 4. The molecule has 3 heterocycles. The standard InChI is InChI=1S/C28H34F3N5O6/c1-13-5-6-16-14(9-13)10-15(23(38)33-16)11-17(22(32)37)34-24(39)19-12-20-18(7-8-42-20)36(19)25(40)21(27(2,3)4)35-26(41)28(29,30)31/h5-6,9-10,17-21H,7-8,11-12H2,1-4H3,(H2,32,37)(H,33,38)(H,34,39)(H,35,41)/t17-,18+,19?,20+,21+/m0/s1. The van der Waals surface area contributed by atoms with E-state index in [2.05, 4.69) is 10.3 Å². The first-order chi connectivity index (χ1) is 19.5. The number of aromatic amines is 1. The van der Waals surface area contributed by atoms with Crippen LogP contribution >= 0.6 is 0 Å². The largest absolute Gasteiger partial charge is 0.471 e. The van der Waals surface area contributed by atoms with Crippen LogP contribution in [0.2, 0.25) is 0 Å². The lowest BCUT2D eigenvalue weighted by Crippen LogP contribution is -2.61. The first-order valence-electron chi connectivity index (χ1n) is 13.5. The van der Waals surface area contributed by atoms with E-state index in [9.17, 15) is 37.1 Å². The second-order valence-corrected chi connectivity index (χ2v) is 11.9. The van der Waals surface area contributed by atoms with Crippen LogP contribution in [0.25, 0.3) is 10.9 Å². The Hall–Kier alpha value is -3.94. The molecule has 1 unspecified atom stereocenters. The second kappa shape index (κ2) is 11.4. The van der Waals surface area contributed by atoms with E-state index < -0.39 is 71.1 Å². The fraction of sp³-hybridized carbons (Fsp3) is 0.536. The lowest BCUT2D eigenvalue weighted by molar-refractivity contribution is -0.176. The molecule has 0 bridgehead atoms. The highest BCUT2D eigenvalue weighted by Gasteiger charge is 2.53. The van der Waals surface area contributed by atoms with Crippen LogP contribution in [-0.4, -0.2) is 76.6 Å². The van der Waals surface area contributed by atoms with Gasteiger partial charge in [-0.1, -0.05) is 32.4 Å². The fourth-order valence-electron chi connectivity index (χ4n) is 5.54. The Labute approximate surface area is 239 Å². The number of nitrogens with two attached hydrogens (primary N) is 1. The maximum atomic E-state index is 13.8. The van der Waals surface area contributed by atoms with Crippen LogP contribution in [0, 0.1) is 12.3 Å². The zero-order chi connectivity index (χ0) is 31.1. The molecule has 5 N–H and O–H groups in total. The maximum Gasteiger partial charge on any atom is 0.471 e. The Bertz CT molecular complexity index is 1470. The number of rotatable bonds is 7. The molecule has 0 aliphatic carbocycles. The Morgan fingerprint density at radius 1 is 1.14 bits per heavy atom. The van der Waals surface area contributed by atoms with Crippen LogP contribution in [0.1, 0.15) is 44.7 Å². The number of H-pyrrole nitrogens is 1. The summed E-state index contributed by atoms with van der Waals surface area (Å²) in [6.07, 6.45) is -5.68. The average molecular weight is 594 g/mol. The number of aryl methyl sites for hydroxylation is 1. The van der Waals surface area contributed by atoms with Crippen molar-refractivity contribution in [3.8, 4) is 0 Å². The Morgan fingerprint density at radius 3 is 2.45 bits per heavy atom. The van der Waals surface area contributed by atoms with Crippen molar-refractivity contribution in [1.82, 2.24) is 20.5 Å². The number of alkyl halides is 3. The number of aromatic nitrogens is 1. The summed E-state index contributed by atoms with van der Waals surface area (Å²) in [4.78, 5) is 68.2. The van der Waals surface area contributed by atoms with Crippen molar-refractivity contribution in [2.45, 2.75) is 83.4 Å². The minimum atomic E-state index is -5.22. The number of carbonyl (C=O) groups excluding carboxylic acids is 4. The van der Waals surface area contributed by atoms with Gasteiger partial charge in [0.05, 0.1) is 12.1 Å². The van der Waals surface area contributed by atoms with Crippen molar-refractivity contribution >= 4 is 34.5 Å². The van der Waals surface area contributed by atoms with Crippen molar-refractivity contribution in [3.63, 3.8) is 0 Å². The quantitative estimate of drug-likeness (QED) is 0.377. The Morgan fingerprint density at radius 2 is 1.83 bits per heavy atom. The first kappa shape index (κ1) is 31.0. The van der Waals surface area contributed by atoms with Crippen molar-refractivity contribution < 1.29 is 37.1 Å². The van der Waals surface area contributed by atoms with Gasteiger partial charge in [0, 0.05) is 30.5 Å². The second-order valence-electron chi connectivity index (χ2n) is 11.9. The van der Waals surface area contributed by atoms with E-state index >= 15 is 0 Å². The van der Waals surface area contributed by atoms with Gasteiger partial charge in [0.2, 0.25) is 17.7 Å². The van der Waals surface area contributed by atoms with Gasteiger partial charge in [-0.25, -0.2) is 0 Å². The SMILES string of the molecule is Cc1ccc2[nH]c(=O)c(C[C@H](NC(=O)C3C[C@H]4OCC[C@H]4N3C(=O)[C@@H](NC(=O)C(F)(F)F)C(C)(C)C)C(N)=O)cc2c1. The molecular weight excluding hydrogens is 559 g/mol. The number of halogens is 3. The van der Waals surface area contributed by atoms with Gasteiger partial charge in [0.25, 0.3) is 5.56 Å². The summed E-state index contributed by atoms with van der Waals surface area (Å²) in [6.45, 7) is 6.63. The van der Waals surface area contributed by atoms with Gasteiger partial charge in [-0.3, -0.25) is 24.0 Å². The van der Waals surface area contributed by atoms with Crippen LogP contribution < -0.4 is 21.9 Å². The average Bonchev–Trinajstić information content (AvgIpc) is 3.47. The number of benzene rings is 1. The number of pyridine rings is 1. The number of primary amides is 1. The minimum Gasteiger partial charge on any atom is -0.376 e. The van der Waals surface area contributed by atoms with Crippen LogP contribution in [0.3, 0.4) is 0 Å². The molecule has 1 aromatic carbocycles. The molecule has 1 aromatic heterocycles. The summed E-state index contributed by atoms with van der Waals surface area (Å²) >= 11 is 0. The van der Waals surface area contributed by atoms with E-state index in [0.29, 0.717) is 17.3 Å². The molecule has 11 nitrogen and oxygen atoms in total. The van der Waals surface area contributed by atoms with Gasteiger partial charge in [-0.05, 0) is 42.3 Å². The monoisotopic (exact) mass is 593 g/mol. The van der Waals surface area contributed by atoms with Crippen molar-refractivity contribution in [3.05, 3.63) is 45.7 Å². The summed E-state index contributed by atoms with van der Waals surface area (Å²) in [6, 6.07) is 2.22. The van der Waals surface area contributed by atoms with E-state index in [1.807, 2.05) is 19.1 Å². The number of fused-ring (bicyclic) bond motifs is 2. The molecule has 0 spiro atoms. The lowest BCUT2D eigenvalue weighted by atomic mass is 9.85. The molecule has 14 heteroatoms. The van der Waals surface area contributed by atoms with Gasteiger partial charge in [-0.2, -0.15) is 13.2 Å². The molecule has 2 aliphatic rings. The molecule has 4 amide bonds. The lowest BCUT2D eigenvalue weighted by Gasteiger charge is -2.37. The molecule has 2 aliphatic heterocycles. The molecule has 0 radical (unpaired) electrons. The zero-order valence-electron chi connectivity index (χ0n) is 23.6. The number of nitrogens with one attached hydrogen (secondary N) is 3. The molecule has 2 aromatic rings. The van der Waals surface area contributed by atoms with E-state index in [4.69, 9.17) is 10.5 Å². The predicted octanol–water partition coefficient (Wildman–Crippen LogP) is 1.20. The highest BCUT2D eigenvalue weighted by atomic mass is 19.4. The third-order valence-electron chi connectivity index (χ3n) is 7.69. The molecule has 4 rings (SSSR count). The van der Waals surface area contributed by atoms with Gasteiger partial charge in [0.15, 0.2) is 0 Å². The molecule has 228 valence electrons. The van der Waals surface area contributed by atoms with Crippen molar-refractivity contribution in [2.24, 2.45) is 11.1 Å². The molecule has 2 fully saturated rings. The van der Waals surface area contributed by atoms with Crippen molar-refractivity contribution in [1.29, 1.82) is 0 Å². The Kier molecular flexibility index (Phi) is 8.40. The van der Waals surface area contributed by atoms with E-state index in [1.165, 1.54) is 20.8 Å². The molecule has 42 heavy (non-hydrogen) atoms. The number of amides is 4. The topological polar surface area (TPSA) is 164 Å². The smallest absolute Gasteiger partial charge is 0.376 e. The van der Waals surface area contributed by atoms with Crippen LogP contribution in [0.15, 0.2) is 29.1 Å². The number of likely N-dealkylation sites (tertiary alicyclic amines) is 1. The summed E-state index contributed by atoms with van der Waals surface area (Å²) < 4.78 is 45.0. The maximum absolute atomic E-state index is 13.8. The molecule has 2 saturated heterocycles. The highest BCUT2D eigenvalue weighted by Crippen LogP contribution is 2.36. The number of ether oxygens (including phenoxy) is 1. The van der Waals surface area contributed by atoms with Crippen LogP contribution in [-0.2, 0) is 30.3 Å². The number of nitrogens with zero attached hydrogens (tertiary/aromatic N) is 1. The third-order valence-corrected chi connectivity index (χ3v) is 7.69. The fourth-order valence-corrected chi connectivity index (χ4v) is 5.54. The predicted molar refractivity (Wildman–Crippen MR) is 145 cm³/mol.